The zero-order chi connectivity index (χ0) is 16.7. The number of aromatic nitrogens is 1. The minimum Gasteiger partial charge on any atom is -0.357 e. The molecule has 1 heterocycles. The van der Waals surface area contributed by atoms with E-state index in [1.54, 1.807) is 11.3 Å². The number of rotatable bonds is 6. The van der Waals surface area contributed by atoms with Gasteiger partial charge in [0.05, 0.1) is 18.8 Å². The first kappa shape index (κ1) is 20.7. The highest BCUT2D eigenvalue weighted by atomic mass is 127. The Balaban J connectivity index is 0.00000288. The lowest BCUT2D eigenvalue weighted by molar-refractivity contribution is 0.803. The van der Waals surface area contributed by atoms with Crippen LogP contribution < -0.4 is 15.5 Å². The van der Waals surface area contributed by atoms with Crippen molar-refractivity contribution in [2.24, 2.45) is 4.99 Å². The molecule has 0 unspecified atom stereocenters. The largest absolute Gasteiger partial charge is 0.357 e. The molecule has 0 saturated heterocycles. The molecule has 0 spiro atoms. The van der Waals surface area contributed by atoms with Crippen LogP contribution in [-0.4, -0.2) is 31.6 Å². The van der Waals surface area contributed by atoms with Gasteiger partial charge >= 0.3 is 0 Å². The standard InChI is InChI=1S/C17H25N5S.HI/c1-5-18-16(19-10-14-8-6-7-13(2)9-14)20-11-15-12-23-17(21-15)22(3)4;/h6-9,12H,5,10-11H2,1-4H3,(H2,18,19,20);1H. The molecule has 5 nitrogen and oxygen atoms in total. The zero-order valence-corrected chi connectivity index (χ0v) is 17.8. The van der Waals surface area contributed by atoms with Crippen molar-refractivity contribution in [1.82, 2.24) is 15.6 Å². The van der Waals surface area contributed by atoms with Gasteiger partial charge in [-0.15, -0.1) is 35.3 Å². The lowest BCUT2D eigenvalue weighted by Gasteiger charge is -2.10. The van der Waals surface area contributed by atoms with E-state index in [4.69, 9.17) is 0 Å². The fraction of sp³-hybridized carbons (Fsp3) is 0.412. The first-order valence-corrected chi connectivity index (χ1v) is 8.66. The van der Waals surface area contributed by atoms with Gasteiger partial charge in [-0.25, -0.2) is 9.98 Å². The lowest BCUT2D eigenvalue weighted by atomic mass is 10.1. The Morgan fingerprint density at radius 1 is 1.29 bits per heavy atom. The van der Waals surface area contributed by atoms with Gasteiger partial charge in [0.25, 0.3) is 0 Å². The number of halogens is 1. The van der Waals surface area contributed by atoms with Gasteiger partial charge in [0.2, 0.25) is 0 Å². The third-order valence-electron chi connectivity index (χ3n) is 3.21. The van der Waals surface area contributed by atoms with E-state index in [2.05, 4.69) is 64.1 Å². The number of guanidine groups is 1. The molecule has 132 valence electrons. The number of benzene rings is 1. The third-order valence-corrected chi connectivity index (χ3v) is 4.26. The van der Waals surface area contributed by atoms with E-state index in [9.17, 15) is 0 Å². The van der Waals surface area contributed by atoms with Crippen LogP contribution in [0.1, 0.15) is 23.7 Å². The molecule has 0 radical (unpaired) electrons. The van der Waals surface area contributed by atoms with Crippen LogP contribution >= 0.6 is 35.3 Å². The molecule has 24 heavy (non-hydrogen) atoms. The first-order valence-electron chi connectivity index (χ1n) is 7.78. The van der Waals surface area contributed by atoms with E-state index in [1.165, 1.54) is 11.1 Å². The number of aliphatic imine (C=N–C) groups is 1. The molecular formula is C17H26IN5S. The molecule has 0 aliphatic rings. The van der Waals surface area contributed by atoms with Crippen molar-refractivity contribution in [3.8, 4) is 0 Å². The number of nitrogens with zero attached hydrogens (tertiary/aromatic N) is 3. The molecule has 1 aromatic heterocycles. The third kappa shape index (κ3) is 6.64. The Bertz CT molecular complexity index is 654. The van der Waals surface area contributed by atoms with Crippen LogP contribution in [0.3, 0.4) is 0 Å². The van der Waals surface area contributed by atoms with Crippen molar-refractivity contribution in [3.63, 3.8) is 0 Å². The fourth-order valence-corrected chi connectivity index (χ4v) is 2.84. The maximum absolute atomic E-state index is 4.64. The normalized spacial score (nSPS) is 10.9. The van der Waals surface area contributed by atoms with E-state index < -0.39 is 0 Å². The Morgan fingerprint density at radius 3 is 2.71 bits per heavy atom. The number of aryl methyl sites for hydroxylation is 1. The van der Waals surface area contributed by atoms with Gasteiger partial charge in [-0.1, -0.05) is 29.8 Å². The fourth-order valence-electron chi connectivity index (χ4n) is 2.08. The number of anilines is 1. The Morgan fingerprint density at radius 2 is 2.08 bits per heavy atom. The first-order chi connectivity index (χ1) is 11.1. The molecule has 2 N–H and O–H groups in total. The highest BCUT2D eigenvalue weighted by molar-refractivity contribution is 14.0. The van der Waals surface area contributed by atoms with Crippen molar-refractivity contribution in [3.05, 3.63) is 46.5 Å². The summed E-state index contributed by atoms with van der Waals surface area (Å²) in [5.74, 6) is 0.813. The average molecular weight is 459 g/mol. The maximum Gasteiger partial charge on any atom is 0.191 e. The van der Waals surface area contributed by atoms with E-state index in [0.717, 1.165) is 23.3 Å². The second kappa shape index (κ2) is 10.5. The summed E-state index contributed by atoms with van der Waals surface area (Å²) in [4.78, 5) is 11.2. The van der Waals surface area contributed by atoms with E-state index in [0.29, 0.717) is 13.1 Å². The highest BCUT2D eigenvalue weighted by Gasteiger charge is 2.04. The number of hydrogen-bond acceptors (Lipinski definition) is 4. The molecule has 0 saturated carbocycles. The summed E-state index contributed by atoms with van der Waals surface area (Å²) >= 11 is 1.65. The Labute approximate surface area is 165 Å². The zero-order valence-electron chi connectivity index (χ0n) is 14.7. The smallest absolute Gasteiger partial charge is 0.191 e. The molecule has 0 bridgehead atoms. The SMILES string of the molecule is CCNC(=NCc1cccc(C)c1)NCc1csc(N(C)C)n1.I. The van der Waals surface area contributed by atoms with Crippen LogP contribution in [0.15, 0.2) is 34.6 Å². The van der Waals surface area contributed by atoms with Crippen LogP contribution in [0.5, 0.6) is 0 Å². The molecule has 0 fully saturated rings. The quantitative estimate of drug-likeness (QED) is 0.395. The monoisotopic (exact) mass is 459 g/mol. The van der Waals surface area contributed by atoms with Crippen molar-refractivity contribution >= 4 is 46.4 Å². The molecule has 2 aromatic rings. The summed E-state index contributed by atoms with van der Waals surface area (Å²) in [7, 11) is 4.01. The van der Waals surface area contributed by atoms with Gasteiger partial charge in [-0.3, -0.25) is 0 Å². The Hall–Kier alpha value is -1.35. The van der Waals surface area contributed by atoms with Gasteiger partial charge in [0, 0.05) is 26.0 Å². The van der Waals surface area contributed by atoms with Crippen LogP contribution in [0.25, 0.3) is 0 Å². The topological polar surface area (TPSA) is 52.6 Å². The van der Waals surface area contributed by atoms with Crippen LogP contribution in [-0.2, 0) is 13.1 Å². The van der Waals surface area contributed by atoms with E-state index in [1.807, 2.05) is 19.0 Å². The van der Waals surface area contributed by atoms with Crippen LogP contribution in [0.4, 0.5) is 5.13 Å². The van der Waals surface area contributed by atoms with Crippen molar-refractivity contribution in [2.45, 2.75) is 26.9 Å². The van der Waals surface area contributed by atoms with Gasteiger partial charge in [0.15, 0.2) is 11.1 Å². The van der Waals surface area contributed by atoms with Crippen LogP contribution in [0.2, 0.25) is 0 Å². The van der Waals surface area contributed by atoms with E-state index >= 15 is 0 Å². The minimum absolute atomic E-state index is 0. The summed E-state index contributed by atoms with van der Waals surface area (Å²) in [6.07, 6.45) is 0. The van der Waals surface area contributed by atoms with Gasteiger partial charge < -0.3 is 15.5 Å². The summed E-state index contributed by atoms with van der Waals surface area (Å²) < 4.78 is 0. The average Bonchev–Trinajstić information content (AvgIpc) is 2.99. The molecule has 0 aliphatic carbocycles. The van der Waals surface area contributed by atoms with Gasteiger partial charge in [0.1, 0.15) is 0 Å². The molecule has 2 rings (SSSR count). The summed E-state index contributed by atoms with van der Waals surface area (Å²) in [6.45, 7) is 6.33. The van der Waals surface area contributed by atoms with Crippen molar-refractivity contribution < 1.29 is 0 Å². The van der Waals surface area contributed by atoms with Gasteiger partial charge in [-0.2, -0.15) is 0 Å². The lowest BCUT2D eigenvalue weighted by Crippen LogP contribution is -2.36. The molecule has 0 aliphatic heterocycles. The summed E-state index contributed by atoms with van der Waals surface area (Å²) in [6, 6.07) is 8.43. The molecule has 0 amide bonds. The van der Waals surface area contributed by atoms with Crippen LogP contribution in [0, 0.1) is 6.92 Å². The summed E-state index contributed by atoms with van der Waals surface area (Å²) in [5.41, 5.74) is 3.50. The Kier molecular flexibility index (Phi) is 9.05. The summed E-state index contributed by atoms with van der Waals surface area (Å²) in [5, 5.41) is 9.70. The number of nitrogens with one attached hydrogen (secondary N) is 2. The molecule has 1 aromatic carbocycles. The number of thiazole rings is 1. The molecular weight excluding hydrogens is 433 g/mol. The number of hydrogen-bond donors (Lipinski definition) is 2. The highest BCUT2D eigenvalue weighted by Crippen LogP contribution is 2.17. The van der Waals surface area contributed by atoms with Crippen molar-refractivity contribution in [2.75, 3.05) is 25.5 Å². The molecule has 7 heteroatoms. The second-order valence-corrected chi connectivity index (χ2v) is 6.39. The minimum atomic E-state index is 0. The van der Waals surface area contributed by atoms with Crippen molar-refractivity contribution in [1.29, 1.82) is 0 Å². The predicted octanol–water partition coefficient (Wildman–Crippen LogP) is 3.39. The predicted molar refractivity (Wildman–Crippen MR) is 115 cm³/mol. The maximum atomic E-state index is 4.64. The van der Waals surface area contributed by atoms with E-state index in [-0.39, 0.29) is 24.0 Å². The molecule has 0 atom stereocenters. The second-order valence-electron chi connectivity index (χ2n) is 5.55. The van der Waals surface area contributed by atoms with Gasteiger partial charge in [-0.05, 0) is 19.4 Å².